The van der Waals surface area contributed by atoms with Crippen LogP contribution in [0.25, 0.3) is 10.9 Å². The van der Waals surface area contributed by atoms with E-state index in [-0.39, 0.29) is 0 Å². The second-order valence-corrected chi connectivity index (χ2v) is 5.26. The van der Waals surface area contributed by atoms with Crippen LogP contribution in [0.5, 0.6) is 0 Å². The molecule has 2 aliphatic rings. The molecule has 1 aromatic carbocycles. The predicted molar refractivity (Wildman–Crippen MR) is 71.3 cm³/mol. The van der Waals surface area contributed by atoms with Gasteiger partial charge in [0, 0.05) is 22.5 Å². The molecule has 4 rings (SSSR count). The van der Waals surface area contributed by atoms with Crippen LogP contribution in [0.3, 0.4) is 0 Å². The van der Waals surface area contributed by atoms with Gasteiger partial charge >= 0.3 is 0 Å². The van der Waals surface area contributed by atoms with E-state index < -0.39 is 0 Å². The Morgan fingerprint density at radius 1 is 1.24 bits per heavy atom. The molecule has 1 aromatic heterocycles. The first kappa shape index (κ1) is 9.72. The highest BCUT2D eigenvalue weighted by molar-refractivity contribution is 6.31. The quantitative estimate of drug-likeness (QED) is 0.676. The number of aryl methyl sites for hydroxylation is 1. The topological polar surface area (TPSA) is 17.3 Å². The smallest absolute Gasteiger partial charge is 0.0665 e. The number of hydrogen-bond acceptors (Lipinski definition) is 1. The number of rotatable bonds is 0. The Labute approximate surface area is 105 Å². The zero-order valence-corrected chi connectivity index (χ0v) is 10.3. The van der Waals surface area contributed by atoms with Gasteiger partial charge in [0.15, 0.2) is 0 Å². The van der Waals surface area contributed by atoms with Crippen LogP contribution in [0.2, 0.25) is 5.02 Å². The van der Waals surface area contributed by atoms with Gasteiger partial charge < -0.3 is 4.57 Å². The molecule has 0 atom stereocenters. The third-order valence-corrected chi connectivity index (χ3v) is 4.11. The van der Waals surface area contributed by atoms with Gasteiger partial charge in [-0.05, 0) is 43.0 Å². The molecule has 2 nitrogen and oxygen atoms in total. The van der Waals surface area contributed by atoms with Gasteiger partial charge in [-0.1, -0.05) is 11.6 Å². The summed E-state index contributed by atoms with van der Waals surface area (Å²) in [7, 11) is 0. The number of hydrogen-bond donors (Lipinski definition) is 0. The first-order valence-corrected chi connectivity index (χ1v) is 6.57. The molecule has 0 unspecified atom stereocenters. The highest BCUT2D eigenvalue weighted by Gasteiger charge is 2.26. The molecular weight excluding hydrogens is 232 g/mol. The Morgan fingerprint density at radius 3 is 3.12 bits per heavy atom. The molecule has 1 aliphatic carbocycles. The van der Waals surface area contributed by atoms with E-state index in [1.807, 2.05) is 6.07 Å². The Bertz CT molecular complexity index is 652. The summed E-state index contributed by atoms with van der Waals surface area (Å²) in [5, 5.41) is 2.17. The largest absolute Gasteiger partial charge is 0.337 e. The van der Waals surface area contributed by atoms with Gasteiger partial charge in [-0.3, -0.25) is 4.99 Å². The molecule has 0 spiro atoms. The Kier molecular flexibility index (Phi) is 1.92. The van der Waals surface area contributed by atoms with Crippen LogP contribution in [0.1, 0.15) is 24.1 Å². The lowest BCUT2D eigenvalue weighted by Gasteiger charge is -2.21. The van der Waals surface area contributed by atoms with Gasteiger partial charge in [0.05, 0.1) is 18.0 Å². The average Bonchev–Trinajstić information content (AvgIpc) is 2.67. The van der Waals surface area contributed by atoms with Crippen molar-refractivity contribution in [2.75, 3.05) is 6.54 Å². The molecule has 0 amide bonds. The second kappa shape index (κ2) is 3.36. The van der Waals surface area contributed by atoms with E-state index >= 15 is 0 Å². The molecule has 0 fully saturated rings. The SMILES string of the molecule is Clc1ccc2c(c1)c1c3n2CCN=C3CCC1. The summed E-state index contributed by atoms with van der Waals surface area (Å²) in [5.41, 5.74) is 5.49. The van der Waals surface area contributed by atoms with Crippen molar-refractivity contribution >= 4 is 28.2 Å². The Morgan fingerprint density at radius 2 is 2.18 bits per heavy atom. The van der Waals surface area contributed by atoms with Crippen LogP contribution in [-0.4, -0.2) is 16.8 Å². The van der Waals surface area contributed by atoms with E-state index in [0.717, 1.165) is 31.0 Å². The lowest BCUT2D eigenvalue weighted by Crippen LogP contribution is -2.22. The molecule has 0 saturated heterocycles. The highest BCUT2D eigenvalue weighted by atomic mass is 35.5. The second-order valence-electron chi connectivity index (χ2n) is 4.82. The van der Waals surface area contributed by atoms with Crippen molar-refractivity contribution < 1.29 is 0 Å². The van der Waals surface area contributed by atoms with Crippen LogP contribution < -0.4 is 0 Å². The number of nitrogens with zero attached hydrogens (tertiary/aromatic N) is 2. The Balaban J connectivity index is 2.16. The maximum atomic E-state index is 6.13. The zero-order valence-electron chi connectivity index (χ0n) is 9.54. The summed E-state index contributed by atoms with van der Waals surface area (Å²) in [6.45, 7) is 1.94. The summed E-state index contributed by atoms with van der Waals surface area (Å²) in [4.78, 5) is 4.68. The maximum absolute atomic E-state index is 6.13. The lowest BCUT2D eigenvalue weighted by molar-refractivity contribution is 0.682. The van der Waals surface area contributed by atoms with Crippen LogP contribution in [0.15, 0.2) is 23.2 Å². The summed E-state index contributed by atoms with van der Waals surface area (Å²) in [6, 6.07) is 6.25. The van der Waals surface area contributed by atoms with Crippen LogP contribution >= 0.6 is 11.6 Å². The van der Waals surface area contributed by atoms with Crippen molar-refractivity contribution in [1.29, 1.82) is 0 Å². The molecule has 17 heavy (non-hydrogen) atoms. The molecule has 2 heterocycles. The third-order valence-electron chi connectivity index (χ3n) is 3.87. The lowest BCUT2D eigenvalue weighted by atomic mass is 9.93. The fraction of sp³-hybridized carbons (Fsp3) is 0.357. The van der Waals surface area contributed by atoms with Gasteiger partial charge in [-0.25, -0.2) is 0 Å². The minimum atomic E-state index is 0.834. The van der Waals surface area contributed by atoms with Gasteiger partial charge in [-0.2, -0.15) is 0 Å². The molecule has 1 aliphatic heterocycles. The predicted octanol–water partition coefficient (Wildman–Crippen LogP) is 3.43. The maximum Gasteiger partial charge on any atom is 0.0665 e. The van der Waals surface area contributed by atoms with Crippen LogP contribution in [0.4, 0.5) is 0 Å². The number of benzene rings is 1. The normalized spacial score (nSPS) is 18.1. The summed E-state index contributed by atoms with van der Waals surface area (Å²) in [6.07, 6.45) is 3.52. The summed E-state index contributed by atoms with van der Waals surface area (Å²) in [5.74, 6) is 0. The van der Waals surface area contributed by atoms with E-state index in [1.165, 1.54) is 34.3 Å². The van der Waals surface area contributed by atoms with Crippen LogP contribution in [0, 0.1) is 0 Å². The first-order valence-electron chi connectivity index (χ1n) is 6.19. The third kappa shape index (κ3) is 1.25. The Hall–Kier alpha value is -1.28. The molecule has 0 N–H and O–H groups in total. The van der Waals surface area contributed by atoms with Crippen molar-refractivity contribution in [2.24, 2.45) is 4.99 Å². The number of aliphatic imine (C=N–C) groups is 1. The van der Waals surface area contributed by atoms with Crippen molar-refractivity contribution in [3.8, 4) is 0 Å². The van der Waals surface area contributed by atoms with Crippen molar-refractivity contribution in [2.45, 2.75) is 25.8 Å². The van der Waals surface area contributed by atoms with E-state index in [9.17, 15) is 0 Å². The standard InChI is InChI=1S/C14H13ClN2/c15-9-4-5-13-11(8-9)10-2-1-3-12-14(10)17(13)7-6-16-12/h4-5,8H,1-3,6-7H2. The van der Waals surface area contributed by atoms with Gasteiger partial charge in [0.25, 0.3) is 0 Å². The number of aromatic nitrogens is 1. The molecule has 0 saturated carbocycles. The molecule has 2 aromatic rings. The molecule has 0 bridgehead atoms. The van der Waals surface area contributed by atoms with Crippen molar-refractivity contribution in [3.63, 3.8) is 0 Å². The van der Waals surface area contributed by atoms with E-state index in [4.69, 9.17) is 11.6 Å². The van der Waals surface area contributed by atoms with Gasteiger partial charge in [0.1, 0.15) is 0 Å². The van der Waals surface area contributed by atoms with Crippen molar-refractivity contribution in [1.82, 2.24) is 4.57 Å². The fourth-order valence-corrected chi connectivity index (χ4v) is 3.37. The number of halogens is 1. The summed E-state index contributed by atoms with van der Waals surface area (Å²) >= 11 is 6.13. The summed E-state index contributed by atoms with van der Waals surface area (Å²) < 4.78 is 2.43. The molecular formula is C14H13ClN2. The monoisotopic (exact) mass is 244 g/mol. The highest BCUT2D eigenvalue weighted by Crippen LogP contribution is 2.35. The van der Waals surface area contributed by atoms with Crippen molar-refractivity contribution in [3.05, 3.63) is 34.5 Å². The van der Waals surface area contributed by atoms with Gasteiger partial charge in [-0.15, -0.1) is 0 Å². The number of fused-ring (bicyclic) bond motifs is 3. The average molecular weight is 245 g/mol. The van der Waals surface area contributed by atoms with Gasteiger partial charge in [0.2, 0.25) is 0 Å². The van der Waals surface area contributed by atoms with Crippen LogP contribution in [-0.2, 0) is 13.0 Å². The zero-order chi connectivity index (χ0) is 11.4. The fourth-order valence-electron chi connectivity index (χ4n) is 3.20. The van der Waals surface area contributed by atoms with E-state index in [1.54, 1.807) is 0 Å². The minimum Gasteiger partial charge on any atom is -0.337 e. The molecule has 3 heteroatoms. The minimum absolute atomic E-state index is 0.834. The molecule has 0 radical (unpaired) electrons. The van der Waals surface area contributed by atoms with E-state index in [0.29, 0.717) is 0 Å². The van der Waals surface area contributed by atoms with E-state index in [2.05, 4.69) is 21.7 Å². The molecule has 86 valence electrons. The first-order chi connectivity index (χ1) is 8.34.